The van der Waals surface area contributed by atoms with Crippen molar-refractivity contribution in [2.75, 3.05) is 7.11 Å². The van der Waals surface area contributed by atoms with Crippen LogP contribution in [0, 0.1) is 19.8 Å². The lowest BCUT2D eigenvalue weighted by Gasteiger charge is -2.14. The lowest BCUT2D eigenvalue weighted by atomic mass is 9.94. The Balaban J connectivity index is 2.66. The standard InChI is InChI=1S/C17H28N2O2/c1-11(7-6-8-13(3)18)16(20)9-15-14(4)17(21-5)12(2)10-19-15/h10-11,13H,6-9,18H2,1-5H3. The highest BCUT2D eigenvalue weighted by atomic mass is 16.5. The second-order valence-electron chi connectivity index (χ2n) is 6.00. The number of carbonyl (C=O) groups is 1. The number of hydrogen-bond donors (Lipinski definition) is 1. The summed E-state index contributed by atoms with van der Waals surface area (Å²) >= 11 is 0. The molecule has 0 saturated carbocycles. The van der Waals surface area contributed by atoms with Crippen molar-refractivity contribution in [2.24, 2.45) is 11.7 Å². The van der Waals surface area contributed by atoms with Gasteiger partial charge in [0.15, 0.2) is 0 Å². The molecule has 0 amide bonds. The van der Waals surface area contributed by atoms with Gasteiger partial charge in [-0.1, -0.05) is 13.3 Å². The monoisotopic (exact) mass is 292 g/mol. The average molecular weight is 292 g/mol. The molecule has 1 heterocycles. The van der Waals surface area contributed by atoms with Gasteiger partial charge in [0.05, 0.1) is 12.8 Å². The van der Waals surface area contributed by atoms with Crippen molar-refractivity contribution >= 4 is 5.78 Å². The van der Waals surface area contributed by atoms with Crippen LogP contribution in [0.5, 0.6) is 5.75 Å². The van der Waals surface area contributed by atoms with Gasteiger partial charge in [0.1, 0.15) is 11.5 Å². The van der Waals surface area contributed by atoms with Gasteiger partial charge in [0.2, 0.25) is 0 Å². The minimum atomic E-state index is 0.0530. The van der Waals surface area contributed by atoms with E-state index in [1.54, 1.807) is 13.3 Å². The molecular weight excluding hydrogens is 264 g/mol. The summed E-state index contributed by atoms with van der Waals surface area (Å²) in [4.78, 5) is 16.7. The van der Waals surface area contributed by atoms with E-state index in [0.29, 0.717) is 6.42 Å². The number of methoxy groups -OCH3 is 1. The van der Waals surface area contributed by atoms with Crippen molar-refractivity contribution in [3.63, 3.8) is 0 Å². The number of carbonyl (C=O) groups excluding carboxylic acids is 1. The van der Waals surface area contributed by atoms with Gasteiger partial charge >= 0.3 is 0 Å². The third-order valence-electron chi connectivity index (χ3n) is 3.94. The van der Waals surface area contributed by atoms with Crippen molar-refractivity contribution in [3.05, 3.63) is 23.0 Å². The molecule has 2 unspecified atom stereocenters. The Labute approximate surface area is 128 Å². The molecule has 21 heavy (non-hydrogen) atoms. The van der Waals surface area contributed by atoms with E-state index >= 15 is 0 Å². The van der Waals surface area contributed by atoms with Gasteiger partial charge in [-0.25, -0.2) is 0 Å². The molecule has 0 spiro atoms. The van der Waals surface area contributed by atoms with Crippen LogP contribution in [0.15, 0.2) is 6.20 Å². The third kappa shape index (κ3) is 5.12. The Morgan fingerprint density at radius 2 is 2.00 bits per heavy atom. The molecule has 0 fully saturated rings. The van der Waals surface area contributed by atoms with Crippen molar-refractivity contribution in [2.45, 2.75) is 59.4 Å². The van der Waals surface area contributed by atoms with Crippen molar-refractivity contribution < 1.29 is 9.53 Å². The quantitative estimate of drug-likeness (QED) is 0.800. The Bertz CT molecular complexity index is 484. The minimum Gasteiger partial charge on any atom is -0.496 e. The molecule has 0 aliphatic heterocycles. The maximum atomic E-state index is 12.3. The summed E-state index contributed by atoms with van der Waals surface area (Å²) in [5.41, 5.74) is 8.52. The zero-order chi connectivity index (χ0) is 16.0. The number of hydrogen-bond acceptors (Lipinski definition) is 4. The van der Waals surface area contributed by atoms with Crippen molar-refractivity contribution in [1.29, 1.82) is 0 Å². The van der Waals surface area contributed by atoms with E-state index in [2.05, 4.69) is 4.98 Å². The van der Waals surface area contributed by atoms with Gasteiger partial charge in [-0.3, -0.25) is 9.78 Å². The number of rotatable bonds is 8. The lowest BCUT2D eigenvalue weighted by molar-refractivity contribution is -0.122. The molecule has 1 rings (SSSR count). The molecule has 0 radical (unpaired) electrons. The van der Waals surface area contributed by atoms with Crippen LogP contribution in [0.25, 0.3) is 0 Å². The number of nitrogens with zero attached hydrogens (tertiary/aromatic N) is 1. The van der Waals surface area contributed by atoms with Crippen LogP contribution in [0.4, 0.5) is 0 Å². The SMILES string of the molecule is COc1c(C)cnc(CC(=O)C(C)CCCC(C)N)c1C. The second-order valence-corrected chi connectivity index (χ2v) is 6.00. The van der Waals surface area contributed by atoms with Crippen LogP contribution in [0.2, 0.25) is 0 Å². The first-order chi connectivity index (χ1) is 9.86. The lowest BCUT2D eigenvalue weighted by Crippen LogP contribution is -2.18. The third-order valence-corrected chi connectivity index (χ3v) is 3.94. The fourth-order valence-corrected chi connectivity index (χ4v) is 2.50. The fraction of sp³-hybridized carbons (Fsp3) is 0.647. The normalized spacial score (nSPS) is 13.8. The summed E-state index contributed by atoms with van der Waals surface area (Å²) in [5, 5.41) is 0. The molecule has 2 atom stereocenters. The summed E-state index contributed by atoms with van der Waals surface area (Å²) in [6, 6.07) is 0.206. The van der Waals surface area contributed by atoms with E-state index in [-0.39, 0.29) is 17.7 Å². The number of ether oxygens (including phenoxy) is 1. The molecule has 2 N–H and O–H groups in total. The van der Waals surface area contributed by atoms with Crippen LogP contribution < -0.4 is 10.5 Å². The summed E-state index contributed by atoms with van der Waals surface area (Å²) in [5.74, 6) is 1.12. The molecule has 0 saturated heterocycles. The second kappa shape index (κ2) is 8.13. The largest absolute Gasteiger partial charge is 0.496 e. The van der Waals surface area contributed by atoms with Crippen LogP contribution in [-0.4, -0.2) is 23.9 Å². The maximum absolute atomic E-state index is 12.3. The Hall–Kier alpha value is -1.42. The van der Waals surface area contributed by atoms with Gasteiger partial charge in [-0.2, -0.15) is 0 Å². The highest BCUT2D eigenvalue weighted by Gasteiger charge is 2.17. The molecule has 4 heteroatoms. The van der Waals surface area contributed by atoms with Crippen LogP contribution >= 0.6 is 0 Å². The van der Waals surface area contributed by atoms with Crippen molar-refractivity contribution in [1.82, 2.24) is 4.98 Å². The van der Waals surface area contributed by atoms with Gasteiger partial charge < -0.3 is 10.5 Å². The molecule has 0 bridgehead atoms. The Kier molecular flexibility index (Phi) is 6.82. The first-order valence-electron chi connectivity index (χ1n) is 7.64. The molecule has 1 aromatic heterocycles. The number of ketones is 1. The maximum Gasteiger partial charge on any atom is 0.141 e. The topological polar surface area (TPSA) is 65.2 Å². The molecule has 118 valence electrons. The minimum absolute atomic E-state index is 0.0530. The summed E-state index contributed by atoms with van der Waals surface area (Å²) in [6.45, 7) is 7.91. The van der Waals surface area contributed by atoms with E-state index in [1.807, 2.05) is 27.7 Å². The molecule has 4 nitrogen and oxygen atoms in total. The fourth-order valence-electron chi connectivity index (χ4n) is 2.50. The predicted molar refractivity (Wildman–Crippen MR) is 85.6 cm³/mol. The summed E-state index contributed by atoms with van der Waals surface area (Å²) in [6.07, 6.45) is 5.00. The number of pyridine rings is 1. The molecule has 0 aliphatic rings. The van der Waals surface area contributed by atoms with Crippen LogP contribution in [0.1, 0.15) is 49.9 Å². The number of Topliss-reactive ketones (excluding diaryl/α,β-unsaturated/α-hetero) is 1. The predicted octanol–water partition coefficient (Wildman–Crippen LogP) is 2.97. The zero-order valence-electron chi connectivity index (χ0n) is 13.9. The first kappa shape index (κ1) is 17.6. The number of aryl methyl sites for hydroxylation is 1. The van der Waals surface area contributed by atoms with Gasteiger partial charge in [0, 0.05) is 35.7 Å². The van der Waals surface area contributed by atoms with E-state index in [0.717, 1.165) is 41.8 Å². The van der Waals surface area contributed by atoms with Gasteiger partial charge in [-0.05, 0) is 33.6 Å². The van der Waals surface area contributed by atoms with Gasteiger partial charge in [0.25, 0.3) is 0 Å². The molecule has 0 aliphatic carbocycles. The highest BCUT2D eigenvalue weighted by molar-refractivity contribution is 5.83. The van der Waals surface area contributed by atoms with Gasteiger partial charge in [-0.15, -0.1) is 0 Å². The Morgan fingerprint density at radius 3 is 2.57 bits per heavy atom. The summed E-state index contributed by atoms with van der Waals surface area (Å²) in [7, 11) is 1.65. The number of aromatic nitrogens is 1. The van der Waals surface area contributed by atoms with E-state index in [9.17, 15) is 4.79 Å². The van der Waals surface area contributed by atoms with Crippen molar-refractivity contribution in [3.8, 4) is 5.75 Å². The smallest absolute Gasteiger partial charge is 0.141 e. The van der Waals surface area contributed by atoms with E-state index < -0.39 is 0 Å². The Morgan fingerprint density at radius 1 is 1.33 bits per heavy atom. The summed E-state index contributed by atoms with van der Waals surface area (Å²) < 4.78 is 5.38. The average Bonchev–Trinajstić information content (AvgIpc) is 2.42. The van der Waals surface area contributed by atoms with E-state index in [1.165, 1.54) is 0 Å². The molecule has 1 aromatic rings. The highest BCUT2D eigenvalue weighted by Crippen LogP contribution is 2.25. The first-order valence-corrected chi connectivity index (χ1v) is 7.64. The zero-order valence-corrected chi connectivity index (χ0v) is 13.9. The molecular formula is C17H28N2O2. The van der Waals surface area contributed by atoms with E-state index in [4.69, 9.17) is 10.5 Å². The van der Waals surface area contributed by atoms with Crippen LogP contribution in [-0.2, 0) is 11.2 Å². The number of nitrogens with two attached hydrogens (primary N) is 1. The molecule has 0 aromatic carbocycles. The van der Waals surface area contributed by atoms with Crippen LogP contribution in [0.3, 0.4) is 0 Å².